The second-order valence-electron chi connectivity index (χ2n) is 9.90. The highest BCUT2D eigenvalue weighted by Gasteiger charge is 2.34. The first-order chi connectivity index (χ1) is 17.4. The van der Waals surface area contributed by atoms with Crippen molar-refractivity contribution in [3.63, 3.8) is 0 Å². The van der Waals surface area contributed by atoms with Crippen molar-refractivity contribution in [2.75, 3.05) is 24.9 Å². The number of rotatable bonds is 10. The molecule has 1 fully saturated rings. The molecule has 1 aliphatic carbocycles. The molecule has 0 unspecified atom stereocenters. The minimum Gasteiger partial charge on any atom is -0.352 e. The molecule has 1 atom stereocenters. The number of amides is 2. The van der Waals surface area contributed by atoms with E-state index in [0.717, 1.165) is 39.9 Å². The van der Waals surface area contributed by atoms with Crippen LogP contribution in [0.25, 0.3) is 0 Å². The smallest absolute Gasteiger partial charge is 0.304 e. The van der Waals surface area contributed by atoms with E-state index in [0.29, 0.717) is 16.8 Å². The van der Waals surface area contributed by atoms with Crippen LogP contribution in [-0.4, -0.2) is 62.2 Å². The molecular formula is C27H37FN4O4S. The van der Waals surface area contributed by atoms with Crippen molar-refractivity contribution in [1.29, 1.82) is 0 Å². The molecule has 3 rings (SSSR count). The first-order valence-corrected chi connectivity index (χ1v) is 13.9. The van der Waals surface area contributed by atoms with Gasteiger partial charge in [0.15, 0.2) is 0 Å². The fourth-order valence-electron chi connectivity index (χ4n) is 4.45. The maximum Gasteiger partial charge on any atom is 0.304 e. The minimum absolute atomic E-state index is 0.0288. The highest BCUT2D eigenvalue weighted by atomic mass is 32.2. The number of halogens is 1. The van der Waals surface area contributed by atoms with E-state index in [1.165, 1.54) is 31.1 Å². The van der Waals surface area contributed by atoms with Crippen LogP contribution >= 0.6 is 0 Å². The van der Waals surface area contributed by atoms with Gasteiger partial charge in [-0.2, -0.15) is 12.7 Å². The van der Waals surface area contributed by atoms with Crippen LogP contribution in [0.1, 0.15) is 49.3 Å². The summed E-state index contributed by atoms with van der Waals surface area (Å²) in [6.07, 6.45) is 3.88. The molecule has 1 saturated carbocycles. The standard InChI is InChI=1S/C27H37FN4O4S/c1-19-10-11-20(2)25(16-19)32(37(35,36)30(4)5)18-26(33)31(17-22-12-14-23(28)15-13-22)21(3)27(34)29-24-8-6-7-9-24/h10-16,21,24H,6-9,17-18H2,1-5H3,(H,29,34)/t21-/m0/s1. The molecule has 0 heterocycles. The molecule has 2 aromatic carbocycles. The molecule has 1 aliphatic rings. The largest absolute Gasteiger partial charge is 0.352 e. The Balaban J connectivity index is 1.95. The summed E-state index contributed by atoms with van der Waals surface area (Å²) >= 11 is 0. The molecule has 2 amide bonds. The molecule has 0 saturated heterocycles. The van der Waals surface area contributed by atoms with Crippen LogP contribution in [-0.2, 0) is 26.3 Å². The molecule has 0 spiro atoms. The van der Waals surface area contributed by atoms with E-state index < -0.39 is 34.5 Å². The lowest BCUT2D eigenvalue weighted by molar-refractivity contribution is -0.139. The predicted octanol–water partition coefficient (Wildman–Crippen LogP) is 3.53. The summed E-state index contributed by atoms with van der Waals surface area (Å²) in [6.45, 7) is 4.80. The van der Waals surface area contributed by atoms with E-state index in [1.54, 1.807) is 38.1 Å². The van der Waals surface area contributed by atoms with Crippen LogP contribution in [0.5, 0.6) is 0 Å². The van der Waals surface area contributed by atoms with Crippen LogP contribution in [0.15, 0.2) is 42.5 Å². The van der Waals surface area contributed by atoms with Gasteiger partial charge in [0.2, 0.25) is 11.8 Å². The zero-order valence-electron chi connectivity index (χ0n) is 22.2. The summed E-state index contributed by atoms with van der Waals surface area (Å²) in [6, 6.07) is 10.3. The Morgan fingerprint density at radius 2 is 1.68 bits per heavy atom. The summed E-state index contributed by atoms with van der Waals surface area (Å²) < 4.78 is 42.3. The SMILES string of the molecule is Cc1ccc(C)c(N(CC(=O)N(Cc2ccc(F)cc2)[C@@H](C)C(=O)NC2CCCC2)S(=O)(=O)N(C)C)c1. The lowest BCUT2D eigenvalue weighted by Crippen LogP contribution is -2.53. The zero-order chi connectivity index (χ0) is 27.3. The lowest BCUT2D eigenvalue weighted by Gasteiger charge is -2.33. The predicted molar refractivity (Wildman–Crippen MR) is 143 cm³/mol. The number of nitrogens with one attached hydrogen (secondary N) is 1. The Bertz CT molecular complexity index is 1210. The number of hydrogen-bond donors (Lipinski definition) is 1. The van der Waals surface area contributed by atoms with Gasteiger partial charge in [-0.3, -0.25) is 9.59 Å². The number of nitrogens with zero attached hydrogens (tertiary/aromatic N) is 3. The lowest BCUT2D eigenvalue weighted by atomic mass is 10.1. The molecular weight excluding hydrogens is 495 g/mol. The molecule has 0 radical (unpaired) electrons. The fourth-order valence-corrected chi connectivity index (χ4v) is 5.56. The topological polar surface area (TPSA) is 90.0 Å². The van der Waals surface area contributed by atoms with Crippen molar-refractivity contribution < 1.29 is 22.4 Å². The molecule has 0 aromatic heterocycles. The Hall–Kier alpha value is -2.98. The Kier molecular flexibility index (Phi) is 9.31. The van der Waals surface area contributed by atoms with E-state index in [4.69, 9.17) is 0 Å². The maximum absolute atomic E-state index is 13.8. The van der Waals surface area contributed by atoms with Gasteiger partial charge in [0.25, 0.3) is 0 Å². The molecule has 1 N–H and O–H groups in total. The van der Waals surface area contributed by atoms with Gasteiger partial charge in [0.1, 0.15) is 18.4 Å². The summed E-state index contributed by atoms with van der Waals surface area (Å²) in [5.74, 6) is -1.24. The Labute approximate surface area is 219 Å². The fraction of sp³-hybridized carbons (Fsp3) is 0.481. The Morgan fingerprint density at radius 3 is 2.27 bits per heavy atom. The summed E-state index contributed by atoms with van der Waals surface area (Å²) in [7, 11) is -1.22. The number of hydrogen-bond acceptors (Lipinski definition) is 4. The maximum atomic E-state index is 13.8. The Morgan fingerprint density at radius 1 is 1.05 bits per heavy atom. The van der Waals surface area contributed by atoms with Crippen molar-refractivity contribution >= 4 is 27.7 Å². The third kappa shape index (κ3) is 7.07. The number of aryl methyl sites for hydroxylation is 2. The second kappa shape index (κ2) is 12.0. The van der Waals surface area contributed by atoms with E-state index in [1.807, 2.05) is 13.0 Å². The number of benzene rings is 2. The van der Waals surface area contributed by atoms with Crippen molar-refractivity contribution in [2.45, 2.75) is 65.1 Å². The summed E-state index contributed by atoms with van der Waals surface area (Å²) in [5, 5.41) is 3.03. The van der Waals surface area contributed by atoms with Crippen LogP contribution in [0.4, 0.5) is 10.1 Å². The molecule has 2 aromatic rings. The van der Waals surface area contributed by atoms with E-state index in [-0.39, 0.29) is 18.5 Å². The van der Waals surface area contributed by atoms with E-state index in [2.05, 4.69) is 5.32 Å². The molecule has 0 aliphatic heterocycles. The van der Waals surface area contributed by atoms with Crippen molar-refractivity contribution in [3.8, 4) is 0 Å². The third-order valence-corrected chi connectivity index (χ3v) is 8.59. The van der Waals surface area contributed by atoms with Gasteiger partial charge in [0, 0.05) is 26.7 Å². The molecule has 37 heavy (non-hydrogen) atoms. The normalized spacial score (nSPS) is 15.0. The zero-order valence-corrected chi connectivity index (χ0v) is 23.0. The average Bonchev–Trinajstić information content (AvgIpc) is 3.36. The van der Waals surface area contributed by atoms with Gasteiger partial charge >= 0.3 is 10.2 Å². The molecule has 202 valence electrons. The number of carbonyl (C=O) groups is 2. The van der Waals surface area contributed by atoms with Gasteiger partial charge in [-0.15, -0.1) is 0 Å². The van der Waals surface area contributed by atoms with E-state index in [9.17, 15) is 22.4 Å². The van der Waals surface area contributed by atoms with Crippen LogP contribution in [0.3, 0.4) is 0 Å². The second-order valence-corrected chi connectivity index (χ2v) is 12.0. The number of carbonyl (C=O) groups excluding carboxylic acids is 2. The van der Waals surface area contributed by atoms with Crippen molar-refractivity contribution in [2.24, 2.45) is 0 Å². The van der Waals surface area contributed by atoms with Gasteiger partial charge in [0.05, 0.1) is 5.69 Å². The quantitative estimate of drug-likeness (QED) is 0.507. The first-order valence-electron chi connectivity index (χ1n) is 12.5. The third-order valence-electron chi connectivity index (χ3n) is 6.79. The summed E-state index contributed by atoms with van der Waals surface area (Å²) in [4.78, 5) is 28.3. The van der Waals surface area contributed by atoms with Crippen LogP contribution in [0, 0.1) is 19.7 Å². The van der Waals surface area contributed by atoms with Gasteiger partial charge in [-0.1, -0.05) is 37.1 Å². The van der Waals surface area contributed by atoms with Crippen molar-refractivity contribution in [3.05, 3.63) is 65.0 Å². The van der Waals surface area contributed by atoms with Gasteiger partial charge in [-0.05, 0) is 68.5 Å². The van der Waals surface area contributed by atoms with Gasteiger partial charge in [-0.25, -0.2) is 8.70 Å². The highest BCUT2D eigenvalue weighted by Crippen LogP contribution is 2.26. The number of anilines is 1. The van der Waals surface area contributed by atoms with Gasteiger partial charge < -0.3 is 10.2 Å². The molecule has 8 nitrogen and oxygen atoms in total. The minimum atomic E-state index is -4.03. The first kappa shape index (κ1) is 28.6. The van der Waals surface area contributed by atoms with Crippen molar-refractivity contribution in [1.82, 2.24) is 14.5 Å². The average molecular weight is 533 g/mol. The summed E-state index contributed by atoms with van der Waals surface area (Å²) in [5.41, 5.74) is 2.57. The monoisotopic (exact) mass is 532 g/mol. The van der Waals surface area contributed by atoms with E-state index >= 15 is 0 Å². The van der Waals surface area contributed by atoms with Crippen LogP contribution < -0.4 is 9.62 Å². The molecule has 0 bridgehead atoms. The highest BCUT2D eigenvalue weighted by molar-refractivity contribution is 7.90. The van der Waals surface area contributed by atoms with Crippen LogP contribution in [0.2, 0.25) is 0 Å². The molecule has 10 heteroatoms.